The Labute approximate surface area is 128 Å². The molecule has 2 aromatic heterocycles. The molecule has 108 valence electrons. The van der Waals surface area contributed by atoms with Crippen molar-refractivity contribution in [2.45, 2.75) is 12.8 Å². The number of rotatable bonds is 5. The molecule has 2 heterocycles. The number of carbonyl (C=O) groups is 1. The summed E-state index contributed by atoms with van der Waals surface area (Å²) in [5, 5.41) is 6.23. The Morgan fingerprint density at radius 3 is 2.90 bits per heavy atom. The van der Waals surface area contributed by atoms with E-state index in [2.05, 4.69) is 33.5 Å². The lowest BCUT2D eigenvalue weighted by Gasteiger charge is -2.03. The fourth-order valence-electron chi connectivity index (χ4n) is 2.58. The summed E-state index contributed by atoms with van der Waals surface area (Å²) < 4.78 is 2.07. The normalized spacial score (nSPS) is 10.9. The largest absolute Gasteiger partial charge is 0.355 e. The predicted molar refractivity (Wildman–Crippen MR) is 87.7 cm³/mol. The number of thiophene rings is 1. The highest BCUT2D eigenvalue weighted by atomic mass is 32.1. The molecule has 3 rings (SSSR count). The van der Waals surface area contributed by atoms with Crippen molar-refractivity contribution in [3.05, 3.63) is 58.4 Å². The second-order valence-electron chi connectivity index (χ2n) is 5.14. The number of hydrogen-bond acceptors (Lipinski definition) is 2. The van der Waals surface area contributed by atoms with Crippen LogP contribution >= 0.6 is 11.3 Å². The van der Waals surface area contributed by atoms with Crippen molar-refractivity contribution < 1.29 is 4.79 Å². The van der Waals surface area contributed by atoms with E-state index in [1.165, 1.54) is 10.4 Å². The fourth-order valence-corrected chi connectivity index (χ4v) is 3.29. The van der Waals surface area contributed by atoms with Crippen LogP contribution < -0.4 is 5.32 Å². The molecule has 0 fully saturated rings. The molecule has 21 heavy (non-hydrogen) atoms. The molecule has 1 amide bonds. The lowest BCUT2D eigenvalue weighted by Crippen LogP contribution is -2.27. The van der Waals surface area contributed by atoms with Crippen molar-refractivity contribution in [3.8, 4) is 0 Å². The first-order valence-corrected chi connectivity index (χ1v) is 7.94. The maximum Gasteiger partial charge on any atom is 0.224 e. The van der Waals surface area contributed by atoms with E-state index in [-0.39, 0.29) is 5.91 Å². The van der Waals surface area contributed by atoms with E-state index >= 15 is 0 Å². The van der Waals surface area contributed by atoms with E-state index in [9.17, 15) is 4.79 Å². The summed E-state index contributed by atoms with van der Waals surface area (Å²) in [5.41, 5.74) is 2.25. The van der Waals surface area contributed by atoms with Gasteiger partial charge in [-0.25, -0.2) is 0 Å². The first-order valence-electron chi connectivity index (χ1n) is 7.06. The molecule has 0 aliphatic rings. The van der Waals surface area contributed by atoms with Gasteiger partial charge in [-0.05, 0) is 29.5 Å². The summed E-state index contributed by atoms with van der Waals surface area (Å²) in [4.78, 5) is 13.4. The maximum absolute atomic E-state index is 12.1. The average molecular weight is 298 g/mol. The molecule has 3 nitrogen and oxygen atoms in total. The van der Waals surface area contributed by atoms with Crippen molar-refractivity contribution in [2.24, 2.45) is 7.05 Å². The second kappa shape index (κ2) is 6.14. The Hall–Kier alpha value is -2.07. The van der Waals surface area contributed by atoms with Crippen LogP contribution in [0, 0.1) is 0 Å². The molecule has 3 aromatic rings. The number of hydrogen-bond donors (Lipinski definition) is 1. The van der Waals surface area contributed by atoms with Gasteiger partial charge in [0, 0.05) is 35.6 Å². The molecular formula is C17H18N2OS. The number of benzene rings is 1. The third kappa shape index (κ3) is 3.16. The van der Waals surface area contributed by atoms with Gasteiger partial charge in [0.1, 0.15) is 0 Å². The molecule has 0 aliphatic carbocycles. The van der Waals surface area contributed by atoms with Crippen molar-refractivity contribution in [3.63, 3.8) is 0 Å². The lowest BCUT2D eigenvalue weighted by molar-refractivity contribution is -0.120. The Balaban J connectivity index is 1.61. The zero-order valence-electron chi connectivity index (χ0n) is 12.0. The van der Waals surface area contributed by atoms with Crippen molar-refractivity contribution in [1.82, 2.24) is 9.88 Å². The monoisotopic (exact) mass is 298 g/mol. The molecule has 0 spiro atoms. The van der Waals surface area contributed by atoms with Crippen LogP contribution in [0.15, 0.2) is 48.0 Å². The van der Waals surface area contributed by atoms with Crippen molar-refractivity contribution in [1.29, 1.82) is 0 Å². The number of aromatic nitrogens is 1. The molecule has 0 radical (unpaired) electrons. The molecule has 0 saturated heterocycles. The minimum absolute atomic E-state index is 0.0860. The minimum Gasteiger partial charge on any atom is -0.355 e. The highest BCUT2D eigenvalue weighted by molar-refractivity contribution is 7.09. The van der Waals surface area contributed by atoms with Gasteiger partial charge in [-0.15, -0.1) is 11.3 Å². The molecule has 0 saturated carbocycles. The van der Waals surface area contributed by atoms with Crippen molar-refractivity contribution >= 4 is 28.1 Å². The quantitative estimate of drug-likeness (QED) is 0.771. The van der Waals surface area contributed by atoms with Gasteiger partial charge in [-0.3, -0.25) is 4.79 Å². The number of aryl methyl sites for hydroxylation is 1. The van der Waals surface area contributed by atoms with Gasteiger partial charge in [-0.2, -0.15) is 0 Å². The number of amides is 1. The average Bonchev–Trinajstić information content (AvgIpc) is 3.09. The van der Waals surface area contributed by atoms with Crippen LogP contribution in [0.3, 0.4) is 0 Å². The van der Waals surface area contributed by atoms with Gasteiger partial charge in [0.05, 0.1) is 6.42 Å². The SMILES string of the molecule is Cn1cc(CC(=O)NCCc2cccs2)c2ccccc21. The van der Waals surface area contributed by atoms with Crippen LogP contribution in [0.2, 0.25) is 0 Å². The van der Waals surface area contributed by atoms with E-state index in [1.807, 2.05) is 31.4 Å². The molecule has 1 N–H and O–H groups in total. The highest BCUT2D eigenvalue weighted by Crippen LogP contribution is 2.20. The maximum atomic E-state index is 12.1. The van der Waals surface area contributed by atoms with E-state index in [0.717, 1.165) is 17.4 Å². The van der Waals surface area contributed by atoms with E-state index < -0.39 is 0 Å². The second-order valence-corrected chi connectivity index (χ2v) is 6.17. The highest BCUT2D eigenvalue weighted by Gasteiger charge is 2.10. The number of fused-ring (bicyclic) bond motifs is 1. The minimum atomic E-state index is 0.0860. The third-order valence-electron chi connectivity index (χ3n) is 3.60. The molecule has 0 bridgehead atoms. The Morgan fingerprint density at radius 1 is 1.24 bits per heavy atom. The fraction of sp³-hybridized carbons (Fsp3) is 0.235. The van der Waals surface area contributed by atoms with Gasteiger partial charge in [-0.1, -0.05) is 24.3 Å². The lowest BCUT2D eigenvalue weighted by atomic mass is 10.1. The van der Waals surface area contributed by atoms with Gasteiger partial charge in [0.25, 0.3) is 0 Å². The van der Waals surface area contributed by atoms with Crippen LogP contribution in [-0.2, 0) is 24.7 Å². The summed E-state index contributed by atoms with van der Waals surface area (Å²) in [5.74, 6) is 0.0860. The summed E-state index contributed by atoms with van der Waals surface area (Å²) in [7, 11) is 2.01. The molecule has 0 atom stereocenters. The predicted octanol–water partition coefficient (Wildman–Crippen LogP) is 3.14. The number of nitrogens with one attached hydrogen (secondary N) is 1. The van der Waals surface area contributed by atoms with Gasteiger partial charge >= 0.3 is 0 Å². The Morgan fingerprint density at radius 2 is 2.10 bits per heavy atom. The van der Waals surface area contributed by atoms with E-state index in [0.29, 0.717) is 13.0 Å². The Kier molecular flexibility index (Phi) is 4.06. The van der Waals surface area contributed by atoms with Gasteiger partial charge < -0.3 is 9.88 Å². The smallest absolute Gasteiger partial charge is 0.224 e. The van der Waals surface area contributed by atoms with E-state index in [1.54, 1.807) is 11.3 Å². The van der Waals surface area contributed by atoms with Crippen LogP contribution in [0.25, 0.3) is 10.9 Å². The molecule has 0 aliphatic heterocycles. The first kappa shape index (κ1) is 13.9. The van der Waals surface area contributed by atoms with Crippen LogP contribution in [0.4, 0.5) is 0 Å². The Bertz CT molecular complexity index is 743. The molecule has 0 unspecified atom stereocenters. The molecular weight excluding hydrogens is 280 g/mol. The molecule has 4 heteroatoms. The van der Waals surface area contributed by atoms with Crippen LogP contribution in [0.5, 0.6) is 0 Å². The summed E-state index contributed by atoms with van der Waals surface area (Å²) >= 11 is 1.73. The number of para-hydroxylation sites is 1. The number of carbonyl (C=O) groups excluding carboxylic acids is 1. The standard InChI is InChI=1S/C17H18N2OS/c1-19-12-13(15-6-2-3-7-16(15)19)11-17(20)18-9-8-14-5-4-10-21-14/h2-7,10,12H,8-9,11H2,1H3,(H,18,20). The third-order valence-corrected chi connectivity index (χ3v) is 4.54. The zero-order chi connectivity index (χ0) is 14.7. The summed E-state index contributed by atoms with van der Waals surface area (Å²) in [6.45, 7) is 0.699. The van der Waals surface area contributed by atoms with E-state index in [4.69, 9.17) is 0 Å². The van der Waals surface area contributed by atoms with Crippen molar-refractivity contribution in [2.75, 3.05) is 6.54 Å². The zero-order valence-corrected chi connectivity index (χ0v) is 12.8. The van der Waals surface area contributed by atoms with Crippen LogP contribution in [0.1, 0.15) is 10.4 Å². The molecule has 1 aromatic carbocycles. The van der Waals surface area contributed by atoms with Gasteiger partial charge in [0.15, 0.2) is 0 Å². The first-order chi connectivity index (χ1) is 10.2. The topological polar surface area (TPSA) is 34.0 Å². The summed E-state index contributed by atoms with van der Waals surface area (Å²) in [6.07, 6.45) is 3.38. The van der Waals surface area contributed by atoms with Crippen LogP contribution in [-0.4, -0.2) is 17.0 Å². The summed E-state index contributed by atoms with van der Waals surface area (Å²) in [6, 6.07) is 12.3. The van der Waals surface area contributed by atoms with Gasteiger partial charge in [0.2, 0.25) is 5.91 Å². The number of nitrogens with zero attached hydrogens (tertiary/aromatic N) is 1.